The molecular formula is C14H21ClN2O. The van der Waals surface area contributed by atoms with Crippen molar-refractivity contribution in [2.24, 2.45) is 4.99 Å². The van der Waals surface area contributed by atoms with Crippen molar-refractivity contribution in [1.82, 2.24) is 5.32 Å². The fourth-order valence-electron chi connectivity index (χ4n) is 1.64. The summed E-state index contributed by atoms with van der Waals surface area (Å²) in [7, 11) is 0. The molecule has 1 aliphatic rings. The van der Waals surface area contributed by atoms with Gasteiger partial charge in [0.2, 0.25) is 0 Å². The monoisotopic (exact) mass is 268 g/mol. The molecule has 0 aliphatic carbocycles. The van der Waals surface area contributed by atoms with Gasteiger partial charge in [0.25, 0.3) is 0 Å². The standard InChI is InChI=1S/C12H15ClN2O.C2H6/c1-8-3-4-11(10(13)7-8)16-9(2)12-14-5-6-15-12;1-2/h3-4,7,9H,5-6H2,1-2H3,(H,14,15);1-2H3. The van der Waals surface area contributed by atoms with Crippen LogP contribution in [0.25, 0.3) is 0 Å². The van der Waals surface area contributed by atoms with Crippen molar-refractivity contribution in [3.63, 3.8) is 0 Å². The quantitative estimate of drug-likeness (QED) is 0.911. The van der Waals surface area contributed by atoms with Crippen molar-refractivity contribution in [1.29, 1.82) is 0 Å². The molecule has 1 heterocycles. The van der Waals surface area contributed by atoms with Crippen LogP contribution in [0.1, 0.15) is 26.3 Å². The van der Waals surface area contributed by atoms with Crippen molar-refractivity contribution < 1.29 is 4.74 Å². The Morgan fingerprint density at radius 1 is 1.39 bits per heavy atom. The molecule has 0 fully saturated rings. The van der Waals surface area contributed by atoms with E-state index in [-0.39, 0.29) is 6.10 Å². The summed E-state index contributed by atoms with van der Waals surface area (Å²) in [5.74, 6) is 1.60. The number of halogens is 1. The van der Waals surface area contributed by atoms with Crippen LogP contribution in [0.2, 0.25) is 5.02 Å². The average Bonchev–Trinajstić information content (AvgIpc) is 2.89. The minimum absolute atomic E-state index is 0.0808. The number of hydrogen-bond acceptors (Lipinski definition) is 3. The molecule has 1 atom stereocenters. The number of amidine groups is 1. The lowest BCUT2D eigenvalue weighted by molar-refractivity contribution is 0.284. The maximum absolute atomic E-state index is 6.10. The minimum Gasteiger partial charge on any atom is -0.481 e. The number of nitrogens with one attached hydrogen (secondary N) is 1. The molecule has 0 aromatic heterocycles. The van der Waals surface area contributed by atoms with Gasteiger partial charge >= 0.3 is 0 Å². The number of hydrogen-bond donors (Lipinski definition) is 1. The van der Waals surface area contributed by atoms with Crippen molar-refractivity contribution in [3.8, 4) is 5.75 Å². The first-order valence-corrected chi connectivity index (χ1v) is 6.75. The van der Waals surface area contributed by atoms with Crippen LogP contribution in [0, 0.1) is 6.92 Å². The summed E-state index contributed by atoms with van der Waals surface area (Å²) in [6.07, 6.45) is -0.0808. The van der Waals surface area contributed by atoms with Gasteiger partial charge in [-0.2, -0.15) is 0 Å². The molecule has 100 valence electrons. The Kier molecular flexibility index (Phi) is 5.99. The van der Waals surface area contributed by atoms with Crippen molar-refractivity contribution in [3.05, 3.63) is 28.8 Å². The van der Waals surface area contributed by atoms with Gasteiger partial charge in [0.1, 0.15) is 11.6 Å². The zero-order chi connectivity index (χ0) is 13.5. The molecule has 0 amide bonds. The number of aliphatic imine (C=N–C) groups is 1. The Balaban J connectivity index is 0.000000771. The van der Waals surface area contributed by atoms with Gasteiger partial charge in [-0.15, -0.1) is 0 Å². The third-order valence-electron chi connectivity index (χ3n) is 2.48. The van der Waals surface area contributed by atoms with Crippen molar-refractivity contribution in [2.45, 2.75) is 33.8 Å². The molecule has 1 aliphatic heterocycles. The summed E-state index contributed by atoms with van der Waals surface area (Å²) in [5, 5.41) is 3.83. The van der Waals surface area contributed by atoms with Gasteiger partial charge in [0.05, 0.1) is 11.6 Å². The van der Waals surface area contributed by atoms with E-state index in [9.17, 15) is 0 Å². The molecule has 0 spiro atoms. The van der Waals surface area contributed by atoms with Crippen LogP contribution in [0.5, 0.6) is 5.75 Å². The first-order chi connectivity index (χ1) is 8.66. The zero-order valence-electron chi connectivity index (χ0n) is 11.5. The number of nitrogens with zero attached hydrogens (tertiary/aromatic N) is 1. The molecule has 1 aromatic rings. The van der Waals surface area contributed by atoms with Crippen LogP contribution in [0.3, 0.4) is 0 Å². The third-order valence-corrected chi connectivity index (χ3v) is 2.77. The normalized spacial score (nSPS) is 15.1. The Morgan fingerprint density at radius 3 is 2.67 bits per heavy atom. The number of aryl methyl sites for hydroxylation is 1. The fraction of sp³-hybridized carbons (Fsp3) is 0.500. The molecule has 2 rings (SSSR count). The van der Waals surface area contributed by atoms with Crippen LogP contribution in [0.4, 0.5) is 0 Å². The zero-order valence-corrected chi connectivity index (χ0v) is 12.2. The highest BCUT2D eigenvalue weighted by molar-refractivity contribution is 6.32. The predicted octanol–water partition coefficient (Wildman–Crippen LogP) is 3.44. The van der Waals surface area contributed by atoms with Gasteiger partial charge in [0, 0.05) is 6.54 Å². The average molecular weight is 269 g/mol. The number of ether oxygens (including phenoxy) is 1. The van der Waals surface area contributed by atoms with Crippen LogP contribution >= 0.6 is 11.6 Å². The molecule has 0 saturated heterocycles. The van der Waals surface area contributed by atoms with Crippen LogP contribution in [0.15, 0.2) is 23.2 Å². The fourth-order valence-corrected chi connectivity index (χ4v) is 1.92. The highest BCUT2D eigenvalue weighted by Crippen LogP contribution is 2.26. The molecule has 4 heteroatoms. The molecule has 3 nitrogen and oxygen atoms in total. The molecule has 0 radical (unpaired) electrons. The second-order valence-electron chi connectivity index (χ2n) is 3.89. The molecular weight excluding hydrogens is 248 g/mol. The summed E-state index contributed by atoms with van der Waals surface area (Å²) in [6.45, 7) is 9.68. The van der Waals surface area contributed by atoms with Gasteiger partial charge in [-0.05, 0) is 31.5 Å². The van der Waals surface area contributed by atoms with Crippen LogP contribution in [-0.4, -0.2) is 25.0 Å². The van der Waals surface area contributed by atoms with E-state index in [0.29, 0.717) is 10.8 Å². The second-order valence-corrected chi connectivity index (χ2v) is 4.29. The Bertz CT molecular complexity index is 418. The maximum Gasteiger partial charge on any atom is 0.153 e. The Morgan fingerprint density at radius 2 is 2.11 bits per heavy atom. The van der Waals surface area contributed by atoms with Crippen molar-refractivity contribution >= 4 is 17.4 Å². The molecule has 0 saturated carbocycles. The van der Waals surface area contributed by atoms with E-state index in [1.54, 1.807) is 0 Å². The summed E-state index contributed by atoms with van der Waals surface area (Å²) >= 11 is 6.10. The number of rotatable bonds is 3. The Labute approximate surface area is 114 Å². The van der Waals surface area contributed by atoms with Gasteiger partial charge in [-0.1, -0.05) is 31.5 Å². The van der Waals surface area contributed by atoms with E-state index in [1.807, 2.05) is 45.9 Å². The van der Waals surface area contributed by atoms with Crippen LogP contribution in [-0.2, 0) is 0 Å². The summed E-state index contributed by atoms with van der Waals surface area (Å²) < 4.78 is 5.76. The van der Waals surface area contributed by atoms with E-state index >= 15 is 0 Å². The lowest BCUT2D eigenvalue weighted by Crippen LogP contribution is -2.33. The lowest BCUT2D eigenvalue weighted by Gasteiger charge is -2.16. The van der Waals surface area contributed by atoms with E-state index in [2.05, 4.69) is 10.3 Å². The summed E-state index contributed by atoms with van der Waals surface area (Å²) in [5.41, 5.74) is 1.13. The van der Waals surface area contributed by atoms with Crippen molar-refractivity contribution in [2.75, 3.05) is 13.1 Å². The largest absolute Gasteiger partial charge is 0.481 e. The number of benzene rings is 1. The minimum atomic E-state index is -0.0808. The molecule has 0 bridgehead atoms. The molecule has 1 unspecified atom stereocenters. The molecule has 1 aromatic carbocycles. The molecule has 18 heavy (non-hydrogen) atoms. The first kappa shape index (κ1) is 14.8. The lowest BCUT2D eigenvalue weighted by atomic mass is 10.2. The summed E-state index contributed by atoms with van der Waals surface area (Å²) in [6, 6.07) is 5.77. The second kappa shape index (κ2) is 7.27. The highest BCUT2D eigenvalue weighted by Gasteiger charge is 2.16. The molecule has 1 N–H and O–H groups in total. The highest BCUT2D eigenvalue weighted by atomic mass is 35.5. The van der Waals surface area contributed by atoms with Gasteiger partial charge < -0.3 is 10.1 Å². The van der Waals surface area contributed by atoms with Gasteiger partial charge in [-0.3, -0.25) is 4.99 Å². The first-order valence-electron chi connectivity index (χ1n) is 6.38. The topological polar surface area (TPSA) is 33.6 Å². The van der Waals surface area contributed by atoms with E-state index in [1.165, 1.54) is 0 Å². The summed E-state index contributed by atoms with van der Waals surface area (Å²) in [4.78, 5) is 4.32. The van der Waals surface area contributed by atoms with Crippen LogP contribution < -0.4 is 10.1 Å². The predicted molar refractivity (Wildman–Crippen MR) is 77.9 cm³/mol. The van der Waals surface area contributed by atoms with Gasteiger partial charge in [-0.25, -0.2) is 0 Å². The Hall–Kier alpha value is -1.22. The van der Waals surface area contributed by atoms with E-state index < -0.39 is 0 Å². The van der Waals surface area contributed by atoms with E-state index in [4.69, 9.17) is 16.3 Å². The smallest absolute Gasteiger partial charge is 0.153 e. The van der Waals surface area contributed by atoms with E-state index in [0.717, 1.165) is 24.5 Å². The maximum atomic E-state index is 6.10. The SMILES string of the molecule is CC.Cc1ccc(OC(C)C2=NCCN2)c(Cl)c1. The van der Waals surface area contributed by atoms with Gasteiger partial charge in [0.15, 0.2) is 6.10 Å². The third kappa shape index (κ3) is 3.91.